The highest BCUT2D eigenvalue weighted by molar-refractivity contribution is 5.77. The van der Waals surface area contributed by atoms with E-state index < -0.39 is 0 Å². The molecule has 1 aromatic heterocycles. The highest BCUT2D eigenvalue weighted by Gasteiger charge is 2.36. The third-order valence-electron chi connectivity index (χ3n) is 4.16. The monoisotopic (exact) mass is 219 g/mol. The van der Waals surface area contributed by atoms with Crippen LogP contribution in [0.2, 0.25) is 0 Å². The second-order valence-corrected chi connectivity index (χ2v) is 5.71. The Bertz CT molecular complexity index is 415. The first-order valence-corrected chi connectivity index (χ1v) is 6.11. The zero-order valence-corrected chi connectivity index (χ0v) is 10.7. The van der Waals surface area contributed by atoms with Gasteiger partial charge in [0.05, 0.1) is 0 Å². The molecular weight excluding hydrogens is 198 g/mol. The van der Waals surface area contributed by atoms with Gasteiger partial charge in [-0.25, -0.2) is 0 Å². The third kappa shape index (κ3) is 1.60. The first kappa shape index (κ1) is 11.4. The lowest BCUT2D eigenvalue weighted by Gasteiger charge is -2.31. The predicted octanol–water partition coefficient (Wildman–Crippen LogP) is 3.67. The van der Waals surface area contributed by atoms with Gasteiger partial charge in [-0.05, 0) is 38.2 Å². The lowest BCUT2D eigenvalue weighted by molar-refractivity contribution is 0.112. The Morgan fingerprint density at radius 3 is 2.56 bits per heavy atom. The van der Waals surface area contributed by atoms with E-state index >= 15 is 0 Å². The lowest BCUT2D eigenvalue weighted by Crippen LogP contribution is -2.23. The largest absolute Gasteiger partial charge is 0.345 e. The van der Waals surface area contributed by atoms with E-state index in [-0.39, 0.29) is 0 Å². The molecule has 1 fully saturated rings. The molecule has 1 atom stereocenters. The summed E-state index contributed by atoms with van der Waals surface area (Å²) in [7, 11) is 0. The molecule has 88 valence electrons. The topological polar surface area (TPSA) is 22.0 Å². The van der Waals surface area contributed by atoms with Crippen LogP contribution in [0, 0.1) is 19.3 Å². The number of rotatable bonds is 2. The van der Waals surface area contributed by atoms with Crippen LogP contribution in [0.5, 0.6) is 0 Å². The first-order chi connectivity index (χ1) is 7.47. The summed E-state index contributed by atoms with van der Waals surface area (Å²) in [5.41, 5.74) is 3.56. The molecule has 2 heteroatoms. The zero-order valence-electron chi connectivity index (χ0n) is 10.7. The normalized spacial score (nSPS) is 23.6. The third-order valence-corrected chi connectivity index (χ3v) is 4.16. The molecule has 2 nitrogen and oxygen atoms in total. The van der Waals surface area contributed by atoms with Crippen LogP contribution < -0.4 is 0 Å². The van der Waals surface area contributed by atoms with Gasteiger partial charge in [0, 0.05) is 23.0 Å². The van der Waals surface area contributed by atoms with Crippen LogP contribution in [0.4, 0.5) is 0 Å². The van der Waals surface area contributed by atoms with E-state index in [4.69, 9.17) is 0 Å². The summed E-state index contributed by atoms with van der Waals surface area (Å²) in [6.45, 7) is 8.84. The van der Waals surface area contributed by atoms with Crippen molar-refractivity contribution in [3.05, 3.63) is 23.0 Å². The summed E-state index contributed by atoms with van der Waals surface area (Å²) in [6, 6.07) is 2.57. The number of hydrogen-bond acceptors (Lipinski definition) is 1. The minimum atomic E-state index is 0.356. The fraction of sp³-hybridized carbons (Fsp3) is 0.643. The fourth-order valence-electron chi connectivity index (χ4n) is 3.19. The molecule has 2 rings (SSSR count). The van der Waals surface area contributed by atoms with Gasteiger partial charge in [0.1, 0.15) is 0 Å². The van der Waals surface area contributed by atoms with Crippen LogP contribution in [-0.2, 0) is 0 Å². The van der Waals surface area contributed by atoms with Crippen molar-refractivity contribution in [2.45, 2.75) is 53.0 Å². The fourth-order valence-corrected chi connectivity index (χ4v) is 3.19. The van der Waals surface area contributed by atoms with Gasteiger partial charge in [-0.3, -0.25) is 4.79 Å². The van der Waals surface area contributed by atoms with Crippen LogP contribution in [-0.4, -0.2) is 10.9 Å². The number of carbonyl (C=O) groups is 1. The van der Waals surface area contributed by atoms with Gasteiger partial charge in [0.15, 0.2) is 6.29 Å². The molecule has 0 aromatic carbocycles. The number of aromatic nitrogens is 1. The van der Waals surface area contributed by atoms with Gasteiger partial charge in [-0.1, -0.05) is 20.3 Å². The van der Waals surface area contributed by atoms with E-state index in [0.717, 1.165) is 17.5 Å². The van der Waals surface area contributed by atoms with Crippen molar-refractivity contribution in [3.63, 3.8) is 0 Å². The Morgan fingerprint density at radius 1 is 1.44 bits per heavy atom. The Morgan fingerprint density at radius 2 is 2.12 bits per heavy atom. The first-order valence-electron chi connectivity index (χ1n) is 6.11. The molecule has 0 spiro atoms. The zero-order chi connectivity index (χ0) is 11.9. The number of nitrogens with zero attached hydrogens (tertiary/aromatic N) is 1. The molecule has 1 aliphatic carbocycles. The van der Waals surface area contributed by atoms with Crippen molar-refractivity contribution in [2.75, 3.05) is 0 Å². The van der Waals surface area contributed by atoms with E-state index in [0.29, 0.717) is 11.5 Å². The number of hydrogen-bond donors (Lipinski definition) is 0. The summed E-state index contributed by atoms with van der Waals surface area (Å²) >= 11 is 0. The van der Waals surface area contributed by atoms with Crippen LogP contribution >= 0.6 is 0 Å². The molecule has 0 radical (unpaired) electrons. The average Bonchev–Trinajstić information content (AvgIpc) is 2.67. The molecule has 0 amide bonds. The van der Waals surface area contributed by atoms with E-state index in [1.165, 1.54) is 25.0 Å². The second kappa shape index (κ2) is 3.76. The van der Waals surface area contributed by atoms with Crippen molar-refractivity contribution < 1.29 is 4.79 Å². The van der Waals surface area contributed by atoms with Crippen molar-refractivity contribution in [3.8, 4) is 0 Å². The summed E-state index contributed by atoms with van der Waals surface area (Å²) in [5.74, 6) is 0. The predicted molar refractivity (Wildman–Crippen MR) is 66.0 cm³/mol. The molecule has 1 saturated carbocycles. The van der Waals surface area contributed by atoms with Gasteiger partial charge >= 0.3 is 0 Å². The van der Waals surface area contributed by atoms with Gasteiger partial charge in [-0.2, -0.15) is 0 Å². The second-order valence-electron chi connectivity index (χ2n) is 5.71. The maximum atomic E-state index is 11.0. The average molecular weight is 219 g/mol. The standard InChI is InChI=1S/C14H21NO/c1-10-8-12(9-16)11(2)15(10)13-6-5-7-14(13,3)4/h8-9,13H,5-7H2,1-4H3. The maximum Gasteiger partial charge on any atom is 0.151 e. The molecule has 16 heavy (non-hydrogen) atoms. The molecule has 0 N–H and O–H groups in total. The number of aldehydes is 1. The Labute approximate surface area is 97.7 Å². The van der Waals surface area contributed by atoms with Crippen molar-refractivity contribution in [2.24, 2.45) is 5.41 Å². The number of aryl methyl sites for hydroxylation is 1. The van der Waals surface area contributed by atoms with Crippen LogP contribution in [0.1, 0.15) is 60.9 Å². The Kier molecular flexibility index (Phi) is 2.69. The van der Waals surface area contributed by atoms with Crippen LogP contribution in [0.3, 0.4) is 0 Å². The van der Waals surface area contributed by atoms with Gasteiger partial charge < -0.3 is 4.57 Å². The molecule has 1 heterocycles. The maximum absolute atomic E-state index is 11.0. The van der Waals surface area contributed by atoms with E-state index in [9.17, 15) is 4.79 Å². The van der Waals surface area contributed by atoms with Crippen LogP contribution in [0.15, 0.2) is 6.07 Å². The summed E-state index contributed by atoms with van der Waals surface area (Å²) in [4.78, 5) is 11.0. The highest BCUT2D eigenvalue weighted by Crippen LogP contribution is 2.47. The van der Waals surface area contributed by atoms with Gasteiger partial charge in [0.25, 0.3) is 0 Å². The summed E-state index contributed by atoms with van der Waals surface area (Å²) in [5, 5.41) is 0. The molecule has 0 bridgehead atoms. The molecule has 1 aliphatic rings. The molecule has 1 unspecified atom stereocenters. The van der Waals surface area contributed by atoms with E-state index in [1.54, 1.807) is 0 Å². The molecular formula is C14H21NO. The van der Waals surface area contributed by atoms with Crippen molar-refractivity contribution >= 4 is 6.29 Å². The minimum absolute atomic E-state index is 0.356. The summed E-state index contributed by atoms with van der Waals surface area (Å²) < 4.78 is 2.37. The minimum Gasteiger partial charge on any atom is -0.345 e. The lowest BCUT2D eigenvalue weighted by atomic mass is 9.87. The molecule has 0 saturated heterocycles. The quantitative estimate of drug-likeness (QED) is 0.696. The number of carbonyl (C=O) groups excluding carboxylic acids is 1. The Balaban J connectivity index is 2.48. The SMILES string of the molecule is Cc1cc(C=O)c(C)n1C1CCCC1(C)C. The van der Waals surface area contributed by atoms with Crippen molar-refractivity contribution in [1.29, 1.82) is 0 Å². The molecule has 1 aromatic rings. The van der Waals surface area contributed by atoms with Gasteiger partial charge in [0.2, 0.25) is 0 Å². The molecule has 0 aliphatic heterocycles. The highest BCUT2D eigenvalue weighted by atomic mass is 16.1. The van der Waals surface area contributed by atoms with E-state index in [2.05, 4.69) is 32.3 Å². The van der Waals surface area contributed by atoms with Crippen molar-refractivity contribution in [1.82, 2.24) is 4.57 Å². The van der Waals surface area contributed by atoms with Gasteiger partial charge in [-0.15, -0.1) is 0 Å². The Hall–Kier alpha value is -1.05. The van der Waals surface area contributed by atoms with E-state index in [1.807, 2.05) is 6.07 Å². The summed E-state index contributed by atoms with van der Waals surface area (Å²) in [6.07, 6.45) is 4.79. The smallest absolute Gasteiger partial charge is 0.151 e. The van der Waals surface area contributed by atoms with Crippen LogP contribution in [0.25, 0.3) is 0 Å².